The third kappa shape index (κ3) is 6.09. The summed E-state index contributed by atoms with van der Waals surface area (Å²) in [6.07, 6.45) is 2.45. The summed E-state index contributed by atoms with van der Waals surface area (Å²) < 4.78 is 0. The molecule has 2 aliphatic rings. The lowest BCUT2D eigenvalue weighted by atomic mass is 10.1. The Morgan fingerprint density at radius 1 is 1.23 bits per heavy atom. The predicted molar refractivity (Wildman–Crippen MR) is 120 cm³/mol. The smallest absolute Gasteiger partial charge is 0.191 e. The summed E-state index contributed by atoms with van der Waals surface area (Å²) in [6.45, 7) is 7.85. The summed E-state index contributed by atoms with van der Waals surface area (Å²) in [5.41, 5.74) is 1.39. The van der Waals surface area contributed by atoms with Crippen LogP contribution in [0.15, 0.2) is 35.3 Å². The summed E-state index contributed by atoms with van der Waals surface area (Å²) >= 11 is 0. The zero-order valence-electron chi connectivity index (χ0n) is 16.3. The first-order valence-corrected chi connectivity index (χ1v) is 9.57. The maximum atomic E-state index is 4.43. The van der Waals surface area contributed by atoms with Gasteiger partial charge in [-0.3, -0.25) is 9.89 Å². The molecular formula is C20H34IN5. The van der Waals surface area contributed by atoms with Crippen molar-refractivity contribution < 1.29 is 0 Å². The molecule has 0 aromatic heterocycles. The molecule has 2 fully saturated rings. The number of rotatable bonds is 5. The fourth-order valence-corrected chi connectivity index (χ4v) is 4.06. The molecule has 0 amide bonds. The van der Waals surface area contributed by atoms with Gasteiger partial charge in [-0.1, -0.05) is 30.3 Å². The van der Waals surface area contributed by atoms with E-state index in [1.807, 2.05) is 7.05 Å². The Bertz CT molecular complexity index is 565. The third-order valence-electron chi connectivity index (χ3n) is 5.54. The summed E-state index contributed by atoms with van der Waals surface area (Å²) in [6, 6.07) is 11.8. The van der Waals surface area contributed by atoms with Crippen molar-refractivity contribution >= 4 is 29.9 Å². The Morgan fingerprint density at radius 3 is 2.65 bits per heavy atom. The molecule has 1 aromatic carbocycles. The van der Waals surface area contributed by atoms with Crippen LogP contribution in [0.4, 0.5) is 0 Å². The van der Waals surface area contributed by atoms with Crippen LogP contribution in [-0.2, 0) is 6.54 Å². The molecule has 146 valence electrons. The Labute approximate surface area is 175 Å². The molecule has 0 spiro atoms. The topological polar surface area (TPSA) is 42.9 Å². The molecule has 6 heteroatoms. The van der Waals surface area contributed by atoms with Gasteiger partial charge in [0.1, 0.15) is 0 Å². The van der Waals surface area contributed by atoms with Crippen molar-refractivity contribution in [2.75, 3.05) is 40.3 Å². The fraction of sp³-hybridized carbons (Fsp3) is 0.650. The van der Waals surface area contributed by atoms with Crippen molar-refractivity contribution in [3.63, 3.8) is 0 Å². The van der Waals surface area contributed by atoms with E-state index in [-0.39, 0.29) is 24.0 Å². The van der Waals surface area contributed by atoms with E-state index in [1.165, 1.54) is 31.5 Å². The van der Waals surface area contributed by atoms with Crippen LogP contribution in [0.25, 0.3) is 0 Å². The van der Waals surface area contributed by atoms with Crippen LogP contribution in [0.1, 0.15) is 25.3 Å². The molecule has 3 rings (SSSR count). The van der Waals surface area contributed by atoms with E-state index in [0.717, 1.165) is 31.5 Å². The molecule has 2 aliphatic heterocycles. The molecule has 5 nitrogen and oxygen atoms in total. The minimum atomic E-state index is 0. The Hall–Kier alpha value is -0.860. The van der Waals surface area contributed by atoms with Gasteiger partial charge in [-0.05, 0) is 44.8 Å². The van der Waals surface area contributed by atoms with Crippen molar-refractivity contribution in [3.05, 3.63) is 35.9 Å². The zero-order chi connectivity index (χ0) is 17.6. The second kappa shape index (κ2) is 10.5. The van der Waals surface area contributed by atoms with E-state index in [1.54, 1.807) is 0 Å². The van der Waals surface area contributed by atoms with Gasteiger partial charge in [-0.2, -0.15) is 0 Å². The molecule has 0 saturated carbocycles. The lowest BCUT2D eigenvalue weighted by molar-refractivity contribution is 0.258. The molecular weight excluding hydrogens is 437 g/mol. The van der Waals surface area contributed by atoms with Crippen molar-refractivity contribution in [2.24, 2.45) is 10.9 Å². The molecule has 0 radical (unpaired) electrons. The quantitative estimate of drug-likeness (QED) is 0.393. The molecule has 0 aliphatic carbocycles. The lowest BCUT2D eigenvalue weighted by Crippen LogP contribution is -2.46. The van der Waals surface area contributed by atoms with E-state index >= 15 is 0 Å². The van der Waals surface area contributed by atoms with Gasteiger partial charge in [0.15, 0.2) is 5.96 Å². The highest BCUT2D eigenvalue weighted by atomic mass is 127. The van der Waals surface area contributed by atoms with E-state index in [2.05, 4.69) is 69.7 Å². The van der Waals surface area contributed by atoms with Crippen molar-refractivity contribution in [1.82, 2.24) is 20.4 Å². The van der Waals surface area contributed by atoms with Crippen LogP contribution in [0.2, 0.25) is 0 Å². The molecule has 26 heavy (non-hydrogen) atoms. The zero-order valence-corrected chi connectivity index (χ0v) is 18.6. The summed E-state index contributed by atoms with van der Waals surface area (Å²) in [5, 5.41) is 7.16. The van der Waals surface area contributed by atoms with Gasteiger partial charge >= 0.3 is 0 Å². The first-order chi connectivity index (χ1) is 12.1. The Morgan fingerprint density at radius 2 is 2.00 bits per heavy atom. The normalized spacial score (nSPS) is 27.3. The largest absolute Gasteiger partial charge is 0.356 e. The lowest BCUT2D eigenvalue weighted by Gasteiger charge is -2.21. The first-order valence-electron chi connectivity index (χ1n) is 9.57. The molecule has 1 aromatic rings. The monoisotopic (exact) mass is 471 g/mol. The number of guanidine groups is 1. The highest BCUT2D eigenvalue weighted by Crippen LogP contribution is 2.20. The van der Waals surface area contributed by atoms with Crippen LogP contribution in [0.3, 0.4) is 0 Å². The number of nitrogens with zero attached hydrogens (tertiary/aromatic N) is 3. The van der Waals surface area contributed by atoms with Gasteiger partial charge in [-0.25, -0.2) is 0 Å². The molecule has 2 N–H and O–H groups in total. The first kappa shape index (κ1) is 21.4. The van der Waals surface area contributed by atoms with Crippen LogP contribution >= 0.6 is 24.0 Å². The predicted octanol–water partition coefficient (Wildman–Crippen LogP) is 2.38. The van der Waals surface area contributed by atoms with E-state index in [4.69, 9.17) is 0 Å². The molecule has 2 heterocycles. The molecule has 3 atom stereocenters. The van der Waals surface area contributed by atoms with Gasteiger partial charge in [-0.15, -0.1) is 24.0 Å². The molecule has 0 bridgehead atoms. The van der Waals surface area contributed by atoms with Gasteiger partial charge in [0.25, 0.3) is 0 Å². The maximum absolute atomic E-state index is 4.43. The number of hydrogen-bond donors (Lipinski definition) is 2. The second-order valence-electron chi connectivity index (χ2n) is 7.71. The van der Waals surface area contributed by atoms with Crippen LogP contribution in [0.5, 0.6) is 0 Å². The molecule has 3 unspecified atom stereocenters. The Balaban J connectivity index is 0.00000243. The Kier molecular flexibility index (Phi) is 8.63. The average molecular weight is 471 g/mol. The van der Waals surface area contributed by atoms with Crippen molar-refractivity contribution in [1.29, 1.82) is 0 Å². The number of hydrogen-bond acceptors (Lipinski definition) is 3. The van der Waals surface area contributed by atoms with Crippen LogP contribution in [-0.4, -0.2) is 68.1 Å². The number of aliphatic imine (C=N–C) groups is 1. The SMILES string of the molecule is CN=C(NCC1CCN(C)C1)NC1CC(C)N(Cc2ccccc2)C1.I. The highest BCUT2D eigenvalue weighted by Gasteiger charge is 2.29. The highest BCUT2D eigenvalue weighted by molar-refractivity contribution is 14.0. The van der Waals surface area contributed by atoms with E-state index in [9.17, 15) is 0 Å². The summed E-state index contributed by atoms with van der Waals surface area (Å²) in [5.74, 6) is 1.69. The van der Waals surface area contributed by atoms with E-state index in [0.29, 0.717) is 12.1 Å². The second-order valence-corrected chi connectivity index (χ2v) is 7.71. The van der Waals surface area contributed by atoms with Crippen LogP contribution < -0.4 is 10.6 Å². The maximum Gasteiger partial charge on any atom is 0.191 e. The number of halogens is 1. The minimum absolute atomic E-state index is 0. The number of likely N-dealkylation sites (tertiary alicyclic amines) is 2. The summed E-state index contributed by atoms with van der Waals surface area (Å²) in [7, 11) is 4.07. The molecule has 2 saturated heterocycles. The minimum Gasteiger partial charge on any atom is -0.356 e. The third-order valence-corrected chi connectivity index (χ3v) is 5.54. The van der Waals surface area contributed by atoms with E-state index < -0.39 is 0 Å². The van der Waals surface area contributed by atoms with Crippen molar-refractivity contribution in [2.45, 2.75) is 38.4 Å². The van der Waals surface area contributed by atoms with Gasteiger partial charge in [0.2, 0.25) is 0 Å². The summed E-state index contributed by atoms with van der Waals surface area (Å²) in [4.78, 5) is 9.40. The van der Waals surface area contributed by atoms with Gasteiger partial charge in [0, 0.05) is 45.3 Å². The van der Waals surface area contributed by atoms with Gasteiger partial charge in [0.05, 0.1) is 0 Å². The van der Waals surface area contributed by atoms with Crippen molar-refractivity contribution in [3.8, 4) is 0 Å². The number of nitrogens with one attached hydrogen (secondary N) is 2. The standard InChI is InChI=1S/C20H33N5.HI/c1-16-11-19(15-25(16)14-17-7-5-4-6-8-17)23-20(21-2)22-12-18-9-10-24(3)13-18;/h4-8,16,18-19H,9-15H2,1-3H3,(H2,21,22,23);1H. The average Bonchev–Trinajstić information content (AvgIpc) is 3.18. The van der Waals surface area contributed by atoms with Gasteiger partial charge < -0.3 is 15.5 Å². The fourth-order valence-electron chi connectivity index (χ4n) is 4.06. The van der Waals surface area contributed by atoms with Crippen LogP contribution in [0, 0.1) is 5.92 Å². The number of benzene rings is 1.